The van der Waals surface area contributed by atoms with E-state index in [9.17, 15) is 9.90 Å². The third-order valence-electron chi connectivity index (χ3n) is 3.93. The molecule has 3 rings (SSSR count). The number of aromatic nitrogens is 2. The molecule has 0 radical (unpaired) electrons. The quantitative estimate of drug-likeness (QED) is 0.933. The zero-order chi connectivity index (χ0) is 13.9. The summed E-state index contributed by atoms with van der Waals surface area (Å²) in [5, 5.41) is 9.19. The minimum Gasteiger partial charge on any atom is -0.478 e. The lowest BCUT2D eigenvalue weighted by Crippen LogP contribution is -2.24. The lowest BCUT2D eigenvalue weighted by Gasteiger charge is -2.19. The molecule has 0 saturated carbocycles. The molecule has 0 spiro atoms. The van der Waals surface area contributed by atoms with Gasteiger partial charge < -0.3 is 9.51 Å². The van der Waals surface area contributed by atoms with Crippen LogP contribution in [0.2, 0.25) is 0 Å². The number of imidazole rings is 1. The number of carboxylic acids is 1. The van der Waals surface area contributed by atoms with Gasteiger partial charge >= 0.3 is 5.97 Å². The largest absolute Gasteiger partial charge is 0.478 e. The third kappa shape index (κ3) is 2.54. The van der Waals surface area contributed by atoms with E-state index in [0.29, 0.717) is 5.65 Å². The van der Waals surface area contributed by atoms with Gasteiger partial charge in [-0.25, -0.2) is 9.78 Å². The zero-order valence-corrected chi connectivity index (χ0v) is 11.5. The van der Waals surface area contributed by atoms with Crippen molar-refractivity contribution in [2.75, 3.05) is 13.1 Å². The highest BCUT2D eigenvalue weighted by molar-refractivity contribution is 5.94. The molecule has 1 N–H and O–H groups in total. The van der Waals surface area contributed by atoms with Crippen LogP contribution in [0.1, 0.15) is 41.7 Å². The standard InChI is InChI=1S/C15H19N3O2/c19-15(20)13-6-5-9-18-12(10-16-14(13)18)11-17-7-3-1-2-4-8-17/h5-6,9-10H,1-4,7-8,11H2,(H,19,20). The van der Waals surface area contributed by atoms with Gasteiger partial charge in [0, 0.05) is 12.7 Å². The van der Waals surface area contributed by atoms with Crippen molar-refractivity contribution in [3.05, 3.63) is 35.8 Å². The first-order valence-electron chi connectivity index (χ1n) is 7.16. The third-order valence-corrected chi connectivity index (χ3v) is 3.93. The van der Waals surface area contributed by atoms with Gasteiger partial charge in [0.15, 0.2) is 5.65 Å². The summed E-state index contributed by atoms with van der Waals surface area (Å²) in [6, 6.07) is 3.37. The number of aromatic carboxylic acids is 1. The average Bonchev–Trinajstić information content (AvgIpc) is 2.68. The molecule has 0 atom stereocenters. The zero-order valence-electron chi connectivity index (χ0n) is 11.5. The maximum absolute atomic E-state index is 11.2. The molecule has 1 aliphatic rings. The molecule has 0 unspecified atom stereocenters. The summed E-state index contributed by atoms with van der Waals surface area (Å²) < 4.78 is 1.90. The van der Waals surface area contributed by atoms with Gasteiger partial charge in [-0.3, -0.25) is 4.90 Å². The SMILES string of the molecule is O=C(O)c1cccn2c(CN3CCCCCC3)cnc12. The molecule has 20 heavy (non-hydrogen) atoms. The molecule has 1 aliphatic heterocycles. The van der Waals surface area contributed by atoms with E-state index in [1.165, 1.54) is 25.7 Å². The number of fused-ring (bicyclic) bond motifs is 1. The highest BCUT2D eigenvalue weighted by Gasteiger charge is 2.15. The Kier molecular flexibility index (Phi) is 3.69. The fourth-order valence-electron chi connectivity index (χ4n) is 2.87. The van der Waals surface area contributed by atoms with E-state index in [2.05, 4.69) is 9.88 Å². The van der Waals surface area contributed by atoms with E-state index in [0.717, 1.165) is 25.3 Å². The summed E-state index contributed by atoms with van der Waals surface area (Å²) in [7, 11) is 0. The molecule has 0 aliphatic carbocycles. The molecule has 5 nitrogen and oxygen atoms in total. The van der Waals surface area contributed by atoms with Crippen molar-refractivity contribution in [2.45, 2.75) is 32.2 Å². The molecule has 0 bridgehead atoms. The highest BCUT2D eigenvalue weighted by Crippen LogP contribution is 2.16. The number of pyridine rings is 1. The van der Waals surface area contributed by atoms with Gasteiger partial charge in [-0.05, 0) is 38.1 Å². The fourth-order valence-corrected chi connectivity index (χ4v) is 2.87. The molecule has 0 aromatic carbocycles. The van der Waals surface area contributed by atoms with Crippen LogP contribution in [0.5, 0.6) is 0 Å². The van der Waals surface area contributed by atoms with Crippen molar-refractivity contribution in [3.8, 4) is 0 Å². The molecule has 2 aromatic rings. The maximum atomic E-state index is 11.2. The molecule has 3 heterocycles. The Balaban J connectivity index is 1.88. The first-order valence-corrected chi connectivity index (χ1v) is 7.16. The van der Waals surface area contributed by atoms with Crippen molar-refractivity contribution < 1.29 is 9.90 Å². The van der Waals surface area contributed by atoms with Crippen LogP contribution in [-0.4, -0.2) is 38.4 Å². The first-order chi connectivity index (χ1) is 9.75. The highest BCUT2D eigenvalue weighted by atomic mass is 16.4. The van der Waals surface area contributed by atoms with Crippen LogP contribution in [0.4, 0.5) is 0 Å². The van der Waals surface area contributed by atoms with E-state index in [1.807, 2.05) is 10.6 Å². The predicted octanol–water partition coefficient (Wildman–Crippen LogP) is 2.41. The normalized spacial score (nSPS) is 17.2. The molecular weight excluding hydrogens is 254 g/mol. The minimum atomic E-state index is -0.928. The Morgan fingerprint density at radius 2 is 2.00 bits per heavy atom. The molecule has 5 heteroatoms. The van der Waals surface area contributed by atoms with Gasteiger partial charge in [-0.2, -0.15) is 0 Å². The summed E-state index contributed by atoms with van der Waals surface area (Å²) in [6.45, 7) is 3.07. The Hall–Kier alpha value is -1.88. The van der Waals surface area contributed by atoms with Crippen LogP contribution in [0, 0.1) is 0 Å². The number of hydrogen-bond donors (Lipinski definition) is 1. The first kappa shape index (κ1) is 13.1. The lowest BCUT2D eigenvalue weighted by molar-refractivity contribution is 0.0698. The summed E-state index contributed by atoms with van der Waals surface area (Å²) in [5.74, 6) is -0.928. The Morgan fingerprint density at radius 1 is 1.25 bits per heavy atom. The number of nitrogens with zero attached hydrogens (tertiary/aromatic N) is 3. The van der Waals surface area contributed by atoms with E-state index in [4.69, 9.17) is 0 Å². The van der Waals surface area contributed by atoms with Crippen LogP contribution in [0.3, 0.4) is 0 Å². The van der Waals surface area contributed by atoms with Crippen molar-refractivity contribution in [3.63, 3.8) is 0 Å². The summed E-state index contributed by atoms with van der Waals surface area (Å²) in [6.07, 6.45) is 8.81. The Morgan fingerprint density at radius 3 is 2.70 bits per heavy atom. The average molecular weight is 273 g/mol. The van der Waals surface area contributed by atoms with Gasteiger partial charge in [0.2, 0.25) is 0 Å². The number of rotatable bonds is 3. The van der Waals surface area contributed by atoms with Crippen LogP contribution in [-0.2, 0) is 6.54 Å². The Labute approximate surface area is 117 Å². The van der Waals surface area contributed by atoms with Crippen LogP contribution < -0.4 is 0 Å². The van der Waals surface area contributed by atoms with Crippen molar-refractivity contribution >= 4 is 11.6 Å². The fraction of sp³-hybridized carbons (Fsp3) is 0.467. The lowest BCUT2D eigenvalue weighted by atomic mass is 10.2. The second-order valence-corrected chi connectivity index (χ2v) is 5.36. The number of hydrogen-bond acceptors (Lipinski definition) is 3. The van der Waals surface area contributed by atoms with Gasteiger partial charge in [0.1, 0.15) is 5.56 Å². The summed E-state index contributed by atoms with van der Waals surface area (Å²) in [4.78, 5) is 17.9. The van der Waals surface area contributed by atoms with Crippen molar-refractivity contribution in [2.24, 2.45) is 0 Å². The maximum Gasteiger partial charge on any atom is 0.339 e. The van der Waals surface area contributed by atoms with Crippen molar-refractivity contribution in [1.29, 1.82) is 0 Å². The van der Waals surface area contributed by atoms with Gasteiger partial charge in [0.05, 0.1) is 11.9 Å². The van der Waals surface area contributed by atoms with E-state index < -0.39 is 5.97 Å². The summed E-state index contributed by atoms with van der Waals surface area (Å²) in [5.41, 5.74) is 1.85. The smallest absolute Gasteiger partial charge is 0.339 e. The number of likely N-dealkylation sites (tertiary alicyclic amines) is 1. The van der Waals surface area contributed by atoms with E-state index >= 15 is 0 Å². The predicted molar refractivity (Wildman–Crippen MR) is 75.9 cm³/mol. The minimum absolute atomic E-state index is 0.259. The molecule has 106 valence electrons. The number of carboxylic acid groups (broad SMARTS) is 1. The van der Waals surface area contributed by atoms with Gasteiger partial charge in [-0.1, -0.05) is 12.8 Å². The molecule has 1 saturated heterocycles. The second kappa shape index (κ2) is 5.63. The summed E-state index contributed by atoms with van der Waals surface area (Å²) >= 11 is 0. The second-order valence-electron chi connectivity index (χ2n) is 5.36. The van der Waals surface area contributed by atoms with Gasteiger partial charge in [0.25, 0.3) is 0 Å². The van der Waals surface area contributed by atoms with Gasteiger partial charge in [-0.15, -0.1) is 0 Å². The van der Waals surface area contributed by atoms with Crippen LogP contribution in [0.15, 0.2) is 24.5 Å². The molecular formula is C15H19N3O2. The Bertz CT molecular complexity index is 613. The molecule has 1 fully saturated rings. The van der Waals surface area contributed by atoms with Crippen LogP contribution >= 0.6 is 0 Å². The van der Waals surface area contributed by atoms with Crippen LogP contribution in [0.25, 0.3) is 5.65 Å². The monoisotopic (exact) mass is 273 g/mol. The molecule has 0 amide bonds. The van der Waals surface area contributed by atoms with E-state index in [-0.39, 0.29) is 5.56 Å². The van der Waals surface area contributed by atoms with Crippen molar-refractivity contribution in [1.82, 2.24) is 14.3 Å². The van der Waals surface area contributed by atoms with E-state index in [1.54, 1.807) is 18.3 Å². The topological polar surface area (TPSA) is 57.8 Å². The molecule has 2 aromatic heterocycles. The number of carbonyl (C=O) groups is 1.